The molecule has 2 N–H and O–H groups in total. The topological polar surface area (TPSA) is 74.2 Å². The number of hydrogen-bond acceptors (Lipinski definition) is 5. The van der Waals surface area contributed by atoms with Crippen molar-refractivity contribution in [3.05, 3.63) is 65.2 Å². The van der Waals surface area contributed by atoms with Gasteiger partial charge in [0.2, 0.25) is 11.6 Å². The molecule has 2 aliphatic heterocycles. The van der Waals surface area contributed by atoms with Gasteiger partial charge in [0.15, 0.2) is 0 Å². The van der Waals surface area contributed by atoms with Crippen molar-refractivity contribution in [3.8, 4) is 0 Å². The van der Waals surface area contributed by atoms with Gasteiger partial charge in [-0.05, 0) is 35.9 Å². The third-order valence-electron chi connectivity index (χ3n) is 5.24. The Morgan fingerprint density at radius 2 is 1.97 bits per heavy atom. The minimum absolute atomic E-state index is 0.167. The minimum Gasteiger partial charge on any atom is -0.476 e. The Bertz CT molecular complexity index is 978. The summed E-state index contributed by atoms with van der Waals surface area (Å²) in [6, 6.07) is 12.5. The monoisotopic (exact) mass is 419 g/mol. The zero-order valence-corrected chi connectivity index (χ0v) is 15.9. The predicted octanol–water partition coefficient (Wildman–Crippen LogP) is 2.82. The van der Waals surface area contributed by atoms with Crippen LogP contribution in [0.5, 0.6) is 0 Å². The van der Waals surface area contributed by atoms with Crippen molar-refractivity contribution in [1.82, 2.24) is 4.90 Å². The second-order valence-electron chi connectivity index (χ2n) is 7.11. The second-order valence-corrected chi connectivity index (χ2v) is 7.11. The predicted molar refractivity (Wildman–Crippen MR) is 104 cm³/mol. The lowest BCUT2D eigenvalue weighted by Gasteiger charge is -2.48. The Labute approximate surface area is 171 Å². The second kappa shape index (κ2) is 7.64. The molecule has 0 bridgehead atoms. The fraction of sp³-hybridized carbons (Fsp3) is 0.333. The number of carbonyl (C=O) groups excluding carboxylic acids is 1. The van der Waals surface area contributed by atoms with E-state index in [0.29, 0.717) is 29.5 Å². The smallest absolute Gasteiger partial charge is 0.430 e. The van der Waals surface area contributed by atoms with Crippen molar-refractivity contribution in [1.29, 1.82) is 0 Å². The van der Waals surface area contributed by atoms with Gasteiger partial charge in [-0.3, -0.25) is 4.79 Å². The van der Waals surface area contributed by atoms with E-state index < -0.39 is 37.3 Å². The van der Waals surface area contributed by atoms with Crippen LogP contribution in [0.3, 0.4) is 0 Å². The van der Waals surface area contributed by atoms with E-state index in [2.05, 4.69) is 10.3 Å². The van der Waals surface area contributed by atoms with Crippen LogP contribution in [0.15, 0.2) is 53.5 Å². The zero-order chi connectivity index (χ0) is 21.4. The molecular weight excluding hydrogens is 399 g/mol. The van der Waals surface area contributed by atoms with Crippen LogP contribution in [0.2, 0.25) is 0 Å². The number of aliphatic hydroxyl groups excluding tert-OH is 1. The Hall–Kier alpha value is -3.07. The molecule has 0 saturated carbocycles. The molecule has 6 nitrogen and oxygen atoms in total. The average molecular weight is 419 g/mol. The molecule has 30 heavy (non-hydrogen) atoms. The summed E-state index contributed by atoms with van der Waals surface area (Å²) >= 11 is 0. The number of anilines is 1. The van der Waals surface area contributed by atoms with E-state index in [0.717, 1.165) is 0 Å². The molecule has 9 heteroatoms. The largest absolute Gasteiger partial charge is 0.476 e. The third kappa shape index (κ3) is 3.39. The number of ether oxygens (including phenoxy) is 1. The maximum atomic E-state index is 14.5. The molecule has 4 rings (SSSR count). The quantitative estimate of drug-likeness (QED) is 0.782. The first-order valence-electron chi connectivity index (χ1n) is 9.49. The summed E-state index contributed by atoms with van der Waals surface area (Å²) in [7, 11) is 0. The van der Waals surface area contributed by atoms with Crippen LogP contribution >= 0.6 is 0 Å². The van der Waals surface area contributed by atoms with Gasteiger partial charge in [-0.1, -0.05) is 18.2 Å². The van der Waals surface area contributed by atoms with E-state index >= 15 is 0 Å². The van der Waals surface area contributed by atoms with Crippen LogP contribution in [-0.2, 0) is 11.2 Å². The number of nitrogens with zero attached hydrogens (tertiary/aromatic N) is 2. The van der Waals surface area contributed by atoms with Gasteiger partial charge < -0.3 is 20.1 Å². The fourth-order valence-corrected chi connectivity index (χ4v) is 3.87. The van der Waals surface area contributed by atoms with Gasteiger partial charge >= 0.3 is 6.18 Å². The highest BCUT2D eigenvalue weighted by Gasteiger charge is 2.62. The van der Waals surface area contributed by atoms with E-state index in [1.807, 2.05) is 0 Å². The van der Waals surface area contributed by atoms with Crippen molar-refractivity contribution in [3.63, 3.8) is 0 Å². The highest BCUT2D eigenvalue weighted by atomic mass is 19.4. The zero-order valence-electron chi connectivity index (χ0n) is 15.9. The van der Waals surface area contributed by atoms with Crippen molar-refractivity contribution < 1.29 is 27.8 Å². The van der Waals surface area contributed by atoms with Crippen LogP contribution in [-0.4, -0.2) is 60.0 Å². The maximum Gasteiger partial charge on any atom is 0.430 e. The molecule has 0 fully saturated rings. The molecule has 0 aromatic heterocycles. The average Bonchev–Trinajstić information content (AvgIpc) is 3.25. The number of aliphatic imine (C=N–C) groups is 1. The number of amides is 1. The molecule has 1 unspecified atom stereocenters. The van der Waals surface area contributed by atoms with Crippen LogP contribution in [0.4, 0.5) is 18.9 Å². The summed E-state index contributed by atoms with van der Waals surface area (Å²) in [5.74, 6) is -0.441. The summed E-state index contributed by atoms with van der Waals surface area (Å²) in [6.07, 6.45) is -5.34. The first-order chi connectivity index (χ1) is 14.4. The molecule has 0 radical (unpaired) electrons. The third-order valence-corrected chi connectivity index (χ3v) is 5.24. The number of benzene rings is 2. The number of para-hydroxylation sites is 1. The first-order valence-corrected chi connectivity index (χ1v) is 9.49. The Morgan fingerprint density at radius 3 is 2.60 bits per heavy atom. The summed E-state index contributed by atoms with van der Waals surface area (Å²) in [5, 5.41) is 12.0. The number of carbonyl (C=O) groups is 1. The molecule has 0 aliphatic carbocycles. The summed E-state index contributed by atoms with van der Waals surface area (Å²) in [6.45, 7) is -0.164. The number of fused-ring (bicyclic) bond motifs is 1. The fourth-order valence-electron chi connectivity index (χ4n) is 3.87. The lowest BCUT2D eigenvalue weighted by Crippen LogP contribution is -2.69. The van der Waals surface area contributed by atoms with E-state index in [9.17, 15) is 23.1 Å². The molecule has 0 saturated heterocycles. The maximum absolute atomic E-state index is 14.5. The number of alkyl halides is 3. The number of β-amino-alcohol motifs (C(OH)–C–C–N with tert-alkyl or cyclic N) is 1. The highest BCUT2D eigenvalue weighted by Crippen LogP contribution is 2.43. The van der Waals surface area contributed by atoms with Crippen molar-refractivity contribution in [2.75, 3.05) is 31.6 Å². The van der Waals surface area contributed by atoms with E-state index in [4.69, 9.17) is 4.74 Å². The number of aliphatic hydroxyl groups is 1. The molecule has 2 aromatic carbocycles. The van der Waals surface area contributed by atoms with Crippen LogP contribution in [0, 0.1) is 0 Å². The van der Waals surface area contributed by atoms with Crippen LogP contribution in [0.1, 0.15) is 21.5 Å². The van der Waals surface area contributed by atoms with Gasteiger partial charge in [0.1, 0.15) is 6.61 Å². The number of nitrogens with one attached hydrogen (secondary N) is 1. The normalized spacial score (nSPS) is 21.1. The molecule has 1 atom stereocenters. The first kappa shape index (κ1) is 20.2. The van der Waals surface area contributed by atoms with Gasteiger partial charge in [0.25, 0.3) is 5.91 Å². The van der Waals surface area contributed by atoms with Gasteiger partial charge in [0, 0.05) is 29.8 Å². The summed E-state index contributed by atoms with van der Waals surface area (Å²) < 4.78 is 49.0. The Kier molecular flexibility index (Phi) is 5.15. The molecule has 2 aromatic rings. The minimum atomic E-state index is -4.82. The molecule has 2 heterocycles. The van der Waals surface area contributed by atoms with Crippen molar-refractivity contribution >= 4 is 17.5 Å². The van der Waals surface area contributed by atoms with Gasteiger partial charge in [-0.2, -0.15) is 13.2 Å². The van der Waals surface area contributed by atoms with Gasteiger partial charge in [-0.25, -0.2) is 4.99 Å². The van der Waals surface area contributed by atoms with E-state index in [-0.39, 0.29) is 16.8 Å². The number of rotatable bonds is 5. The molecule has 1 amide bonds. The van der Waals surface area contributed by atoms with Crippen LogP contribution in [0.25, 0.3) is 0 Å². The van der Waals surface area contributed by atoms with Gasteiger partial charge in [0.05, 0.1) is 13.2 Å². The SMILES string of the molecule is O=C1c2ccc(C3=NCCO3)cc2CC(Nc2ccccc2)(C(F)(F)F)N1CCO. The van der Waals surface area contributed by atoms with Crippen LogP contribution < -0.4 is 5.32 Å². The molecule has 158 valence electrons. The molecule has 0 spiro atoms. The van der Waals surface area contributed by atoms with Crippen molar-refractivity contribution in [2.45, 2.75) is 18.3 Å². The lowest BCUT2D eigenvalue weighted by molar-refractivity contribution is -0.216. The highest BCUT2D eigenvalue weighted by molar-refractivity contribution is 6.01. The standard InChI is InChI=1S/C21H20F3N3O3/c22-21(23,24)20(26-16-4-2-1-3-5-16)13-15-12-14(18-25-8-11-30-18)6-7-17(15)19(29)27(20)9-10-28/h1-7,12,26,28H,8-11,13H2. The summed E-state index contributed by atoms with van der Waals surface area (Å²) in [5.41, 5.74) is -1.55. The van der Waals surface area contributed by atoms with E-state index in [1.54, 1.807) is 24.3 Å². The number of hydrogen-bond donors (Lipinski definition) is 2. The molecular formula is C21H20F3N3O3. The Balaban J connectivity index is 1.84. The Morgan fingerprint density at radius 1 is 1.20 bits per heavy atom. The number of halogens is 3. The lowest BCUT2D eigenvalue weighted by atomic mass is 9.86. The summed E-state index contributed by atoms with van der Waals surface area (Å²) in [4.78, 5) is 18.0. The van der Waals surface area contributed by atoms with E-state index in [1.165, 1.54) is 24.3 Å². The van der Waals surface area contributed by atoms with Gasteiger partial charge in [-0.15, -0.1) is 0 Å². The van der Waals surface area contributed by atoms with Crippen molar-refractivity contribution in [2.24, 2.45) is 4.99 Å². The molecule has 2 aliphatic rings.